The quantitative estimate of drug-likeness (QED) is 0.416. The number of hydrazone groups is 1. The van der Waals surface area contributed by atoms with E-state index in [1.165, 1.54) is 27.8 Å². The van der Waals surface area contributed by atoms with Crippen molar-refractivity contribution < 1.29 is 46.5 Å². The smallest absolute Gasteiger partial charge is 0.416 e. The Morgan fingerprint density at radius 3 is 2.52 bits per heavy atom. The normalized spacial score (nSPS) is 24.7. The molecule has 40 heavy (non-hydrogen) atoms. The number of piperidine rings is 1. The Morgan fingerprint density at radius 1 is 1.20 bits per heavy atom. The first kappa shape index (κ1) is 27.4. The van der Waals surface area contributed by atoms with Crippen LogP contribution in [0.4, 0.5) is 17.6 Å². The summed E-state index contributed by atoms with van der Waals surface area (Å²) in [5.74, 6) is -5.25. The van der Waals surface area contributed by atoms with Gasteiger partial charge in [-0.25, -0.2) is 14.0 Å². The lowest BCUT2D eigenvalue weighted by atomic mass is 9.73. The van der Waals surface area contributed by atoms with Gasteiger partial charge in [-0.05, 0) is 42.8 Å². The van der Waals surface area contributed by atoms with E-state index in [4.69, 9.17) is 4.74 Å². The van der Waals surface area contributed by atoms with Crippen molar-refractivity contribution in [3.05, 3.63) is 71.0 Å². The van der Waals surface area contributed by atoms with Gasteiger partial charge >= 0.3 is 18.1 Å². The van der Waals surface area contributed by atoms with Crippen molar-refractivity contribution in [1.29, 1.82) is 0 Å². The lowest BCUT2D eigenvalue weighted by molar-refractivity contribution is -0.571. The minimum Gasteiger partial charge on any atom is -0.477 e. The predicted molar refractivity (Wildman–Crippen MR) is 132 cm³/mol. The Kier molecular flexibility index (Phi) is 7.17. The number of benzene rings is 2. The number of ether oxygens (including phenoxy) is 1. The average Bonchev–Trinajstić information content (AvgIpc) is 3.58. The van der Waals surface area contributed by atoms with Crippen LogP contribution < -0.4 is 5.32 Å². The van der Waals surface area contributed by atoms with Crippen molar-refractivity contribution in [3.8, 4) is 0 Å². The second-order valence-electron chi connectivity index (χ2n) is 9.68. The van der Waals surface area contributed by atoms with Crippen LogP contribution in [-0.4, -0.2) is 75.9 Å². The highest BCUT2D eigenvalue weighted by Crippen LogP contribution is 2.40. The molecule has 0 spiro atoms. The van der Waals surface area contributed by atoms with E-state index in [2.05, 4.69) is 10.4 Å². The van der Waals surface area contributed by atoms with Gasteiger partial charge in [0, 0.05) is 17.9 Å². The maximum Gasteiger partial charge on any atom is 0.416 e. The second-order valence-corrected chi connectivity index (χ2v) is 9.68. The molecule has 2 fully saturated rings. The summed E-state index contributed by atoms with van der Waals surface area (Å²) in [6, 6.07) is 7.09. The molecule has 2 saturated heterocycles. The van der Waals surface area contributed by atoms with E-state index in [1.807, 2.05) is 0 Å². The van der Waals surface area contributed by atoms with Crippen LogP contribution in [0.15, 0.2) is 53.6 Å². The number of carboxylic acid groups (broad SMARTS) is 1. The van der Waals surface area contributed by atoms with Gasteiger partial charge in [-0.2, -0.15) is 18.1 Å². The predicted octanol–water partition coefficient (Wildman–Crippen LogP) is 2.86. The summed E-state index contributed by atoms with van der Waals surface area (Å²) < 4.78 is 60.7. The summed E-state index contributed by atoms with van der Waals surface area (Å²) >= 11 is 0. The molecule has 13 heteroatoms. The van der Waals surface area contributed by atoms with Gasteiger partial charge in [-0.15, -0.1) is 4.68 Å². The highest BCUT2D eigenvalue weighted by atomic mass is 19.4. The molecule has 3 heterocycles. The first-order valence-electron chi connectivity index (χ1n) is 12.6. The summed E-state index contributed by atoms with van der Waals surface area (Å²) in [5.41, 5.74) is -1.30. The molecule has 3 aliphatic heterocycles. The van der Waals surface area contributed by atoms with Crippen molar-refractivity contribution in [2.24, 2.45) is 11.0 Å². The van der Waals surface area contributed by atoms with Crippen LogP contribution >= 0.6 is 0 Å². The van der Waals surface area contributed by atoms with Crippen molar-refractivity contribution in [3.63, 3.8) is 0 Å². The van der Waals surface area contributed by atoms with Gasteiger partial charge in [-0.1, -0.05) is 23.3 Å². The number of rotatable bonds is 6. The number of fused-ring (bicyclic) bond motifs is 1. The fourth-order valence-corrected chi connectivity index (χ4v) is 5.50. The van der Waals surface area contributed by atoms with Crippen LogP contribution in [0.5, 0.6) is 0 Å². The van der Waals surface area contributed by atoms with Crippen LogP contribution in [-0.2, 0) is 20.5 Å². The molecule has 210 valence electrons. The van der Waals surface area contributed by atoms with E-state index in [0.29, 0.717) is 30.5 Å². The Hall–Kier alpha value is -4.13. The van der Waals surface area contributed by atoms with E-state index >= 15 is 0 Å². The molecule has 0 aliphatic carbocycles. The number of hydrogen-bond donors (Lipinski definition) is 2. The first-order chi connectivity index (χ1) is 19.0. The van der Waals surface area contributed by atoms with Gasteiger partial charge in [0.05, 0.1) is 25.3 Å². The van der Waals surface area contributed by atoms with Crippen LogP contribution in [0.2, 0.25) is 0 Å². The van der Waals surface area contributed by atoms with Gasteiger partial charge in [0.1, 0.15) is 23.8 Å². The number of halogens is 4. The van der Waals surface area contributed by atoms with E-state index in [1.54, 1.807) is 6.92 Å². The zero-order chi connectivity index (χ0) is 28.8. The molecule has 9 nitrogen and oxygen atoms in total. The Balaban J connectivity index is 1.63. The zero-order valence-electron chi connectivity index (χ0n) is 21.2. The monoisotopic (exact) mass is 561 g/mol. The van der Waals surface area contributed by atoms with Gasteiger partial charge in [0.2, 0.25) is 0 Å². The molecule has 0 bridgehead atoms. The molecule has 5 rings (SSSR count). The fraction of sp³-hybridized carbons (Fsp3) is 0.370. The fourth-order valence-electron chi connectivity index (χ4n) is 5.50. The zero-order valence-corrected chi connectivity index (χ0v) is 21.2. The standard InChI is InChI=1S/C27H24F4N4O5/c1-2-34-24-20(22(26(38)39)33-35(24)18-10-11-40-13-18)19(14-6-8-17(28)9-7-14)21(25(34)37)32-23(36)15-4-3-5-16(12-15)27(29,30)31/h3-9,12,18-21H,2,10-11,13H2,1H3,(H-,32,36,38,39)/p+1/t18-,19+,20?,21+/m0/s1. The van der Waals surface area contributed by atoms with Crippen molar-refractivity contribution >= 4 is 29.3 Å². The number of likely N-dealkylation sites (tertiary alicyclic amines) is 1. The number of carbonyl (C=O) groups excluding carboxylic acids is 2. The third kappa shape index (κ3) is 4.85. The molecule has 0 saturated carbocycles. The van der Waals surface area contributed by atoms with E-state index < -0.39 is 53.2 Å². The minimum absolute atomic E-state index is 0.100. The highest BCUT2D eigenvalue weighted by molar-refractivity contribution is 6.42. The Labute approximate surface area is 225 Å². The number of carboxylic acids is 1. The summed E-state index contributed by atoms with van der Waals surface area (Å²) in [4.78, 5) is 41.0. The van der Waals surface area contributed by atoms with E-state index in [-0.39, 0.29) is 30.5 Å². The number of amidine groups is 1. The Morgan fingerprint density at radius 2 is 1.93 bits per heavy atom. The molecule has 0 aromatic heterocycles. The maximum atomic E-state index is 14.0. The van der Waals surface area contributed by atoms with E-state index in [9.17, 15) is 37.1 Å². The SMILES string of the molecule is CCN1C(=O)[C@H](NC(=O)c2cccc(C(F)(F)F)c2)[C@H](c2ccc(F)cc2)C2C(C(=O)O)=N[N+]([C@H]3CCOC3)=C21. The number of nitrogens with zero attached hydrogens (tertiary/aromatic N) is 3. The number of aliphatic carboxylic acids is 1. The van der Waals surface area contributed by atoms with Crippen LogP contribution in [0.1, 0.15) is 40.7 Å². The third-order valence-electron chi connectivity index (χ3n) is 7.33. The lowest BCUT2D eigenvalue weighted by Gasteiger charge is -2.37. The molecule has 4 atom stereocenters. The number of nitrogens with one attached hydrogen (secondary N) is 1. The second kappa shape index (κ2) is 10.5. The van der Waals surface area contributed by atoms with Crippen molar-refractivity contribution in [2.45, 2.75) is 37.5 Å². The minimum atomic E-state index is -4.69. The molecular formula is C27H25F4N4O5+. The largest absolute Gasteiger partial charge is 0.477 e. The molecular weight excluding hydrogens is 536 g/mol. The Bertz CT molecular complexity index is 1420. The summed E-state index contributed by atoms with van der Waals surface area (Å²) in [5, 5.41) is 17.1. The van der Waals surface area contributed by atoms with Gasteiger partial charge in [0.25, 0.3) is 11.7 Å². The van der Waals surface area contributed by atoms with Gasteiger partial charge < -0.3 is 15.2 Å². The summed E-state index contributed by atoms with van der Waals surface area (Å²) in [6.45, 7) is 2.46. The molecule has 2 aromatic carbocycles. The molecule has 3 aliphatic rings. The van der Waals surface area contributed by atoms with Crippen molar-refractivity contribution in [2.75, 3.05) is 19.8 Å². The van der Waals surface area contributed by atoms with Crippen LogP contribution in [0.3, 0.4) is 0 Å². The van der Waals surface area contributed by atoms with Crippen LogP contribution in [0, 0.1) is 11.7 Å². The summed E-state index contributed by atoms with van der Waals surface area (Å²) in [6.07, 6.45) is -4.16. The van der Waals surface area contributed by atoms with Gasteiger partial charge in [0.15, 0.2) is 5.71 Å². The number of likely N-dealkylation sites (N-methyl/N-ethyl adjacent to an activating group) is 1. The molecule has 2 amide bonds. The molecule has 0 radical (unpaired) electrons. The van der Waals surface area contributed by atoms with Crippen molar-refractivity contribution in [1.82, 2.24) is 10.2 Å². The highest BCUT2D eigenvalue weighted by Gasteiger charge is 2.60. The third-order valence-corrected chi connectivity index (χ3v) is 7.33. The maximum absolute atomic E-state index is 14.0. The van der Waals surface area contributed by atoms with E-state index in [0.717, 1.165) is 24.3 Å². The number of carbonyl (C=O) groups is 3. The number of amides is 2. The molecule has 2 aromatic rings. The lowest BCUT2D eigenvalue weighted by Crippen LogP contribution is -2.63. The number of hydrogen-bond acceptors (Lipinski definition) is 5. The average molecular weight is 562 g/mol. The topological polar surface area (TPSA) is 111 Å². The molecule has 1 unspecified atom stereocenters. The summed E-state index contributed by atoms with van der Waals surface area (Å²) in [7, 11) is 0. The first-order valence-corrected chi connectivity index (χ1v) is 12.6. The van der Waals surface area contributed by atoms with Crippen LogP contribution in [0.25, 0.3) is 0 Å². The molecule has 2 N–H and O–H groups in total. The van der Waals surface area contributed by atoms with Gasteiger partial charge in [-0.3, -0.25) is 4.79 Å². The number of alkyl halides is 3.